The van der Waals surface area contributed by atoms with Crippen LogP contribution >= 0.6 is 0 Å². The summed E-state index contributed by atoms with van der Waals surface area (Å²) in [6.07, 6.45) is 9.34. The van der Waals surface area contributed by atoms with Crippen LogP contribution in [0, 0.1) is 17.3 Å². The quantitative estimate of drug-likeness (QED) is 0.774. The number of hydrogen-bond donors (Lipinski definition) is 2. The summed E-state index contributed by atoms with van der Waals surface area (Å²) >= 11 is 0. The maximum absolute atomic E-state index is 10.1. The molecule has 0 heterocycles. The van der Waals surface area contributed by atoms with Crippen molar-refractivity contribution in [1.82, 2.24) is 0 Å². The lowest BCUT2D eigenvalue weighted by molar-refractivity contribution is -0.0195. The van der Waals surface area contributed by atoms with Crippen LogP contribution in [0.15, 0.2) is 0 Å². The molecule has 2 aliphatic rings. The number of rotatable bonds is 4. The second-order valence-corrected chi connectivity index (χ2v) is 5.99. The van der Waals surface area contributed by atoms with E-state index in [1.54, 1.807) is 0 Å². The molecule has 94 valence electrons. The van der Waals surface area contributed by atoms with E-state index in [0.29, 0.717) is 0 Å². The Balaban J connectivity index is 1.98. The van der Waals surface area contributed by atoms with Gasteiger partial charge in [-0.15, -0.1) is 0 Å². The SMILES string of the molecule is CCC(O)C1(CO)CCC(C2CCCC2)C1. The summed E-state index contributed by atoms with van der Waals surface area (Å²) in [4.78, 5) is 0. The third-order valence-electron chi connectivity index (χ3n) is 5.16. The lowest BCUT2D eigenvalue weighted by Crippen LogP contribution is -2.36. The summed E-state index contributed by atoms with van der Waals surface area (Å²) in [5, 5.41) is 19.7. The van der Waals surface area contributed by atoms with Gasteiger partial charge in [0.2, 0.25) is 0 Å². The van der Waals surface area contributed by atoms with Gasteiger partial charge in [-0.1, -0.05) is 32.6 Å². The highest BCUT2D eigenvalue weighted by atomic mass is 16.3. The number of aliphatic hydroxyl groups excluding tert-OH is 2. The lowest BCUT2D eigenvalue weighted by atomic mass is 9.77. The van der Waals surface area contributed by atoms with E-state index in [9.17, 15) is 10.2 Å². The van der Waals surface area contributed by atoms with E-state index in [1.807, 2.05) is 6.92 Å². The third kappa shape index (κ3) is 2.14. The molecule has 0 aromatic heterocycles. The van der Waals surface area contributed by atoms with Gasteiger partial charge in [0.15, 0.2) is 0 Å². The highest BCUT2D eigenvalue weighted by Gasteiger charge is 2.45. The molecule has 16 heavy (non-hydrogen) atoms. The zero-order valence-electron chi connectivity index (χ0n) is 10.5. The molecule has 0 radical (unpaired) electrons. The molecule has 2 saturated carbocycles. The Labute approximate surface area is 99.1 Å². The van der Waals surface area contributed by atoms with Crippen LogP contribution in [0.2, 0.25) is 0 Å². The Hall–Kier alpha value is -0.0800. The standard InChI is InChI=1S/C14H26O2/c1-2-13(16)14(10-15)8-7-12(9-14)11-5-3-4-6-11/h11-13,15-16H,2-10H2,1H3. The van der Waals surface area contributed by atoms with Gasteiger partial charge in [-0.25, -0.2) is 0 Å². The largest absolute Gasteiger partial charge is 0.396 e. The van der Waals surface area contributed by atoms with Crippen molar-refractivity contribution in [2.24, 2.45) is 17.3 Å². The molecule has 2 N–H and O–H groups in total. The predicted octanol–water partition coefficient (Wildman–Crippen LogP) is 2.73. The highest BCUT2D eigenvalue weighted by molar-refractivity contribution is 4.95. The van der Waals surface area contributed by atoms with E-state index in [2.05, 4.69) is 0 Å². The fraction of sp³-hybridized carbons (Fsp3) is 1.00. The lowest BCUT2D eigenvalue weighted by Gasteiger charge is -2.32. The molecular weight excluding hydrogens is 200 g/mol. The van der Waals surface area contributed by atoms with E-state index in [1.165, 1.54) is 32.1 Å². The Kier molecular flexibility index (Phi) is 3.91. The van der Waals surface area contributed by atoms with Gasteiger partial charge in [0, 0.05) is 5.41 Å². The molecule has 2 fully saturated rings. The molecule has 0 bridgehead atoms. The molecular formula is C14H26O2. The first-order chi connectivity index (χ1) is 7.72. The third-order valence-corrected chi connectivity index (χ3v) is 5.16. The van der Waals surface area contributed by atoms with Crippen LogP contribution in [-0.2, 0) is 0 Å². The number of hydrogen-bond acceptors (Lipinski definition) is 2. The van der Waals surface area contributed by atoms with E-state index in [-0.39, 0.29) is 18.1 Å². The van der Waals surface area contributed by atoms with Gasteiger partial charge in [0.25, 0.3) is 0 Å². The van der Waals surface area contributed by atoms with E-state index in [0.717, 1.165) is 31.1 Å². The van der Waals surface area contributed by atoms with Crippen molar-refractivity contribution in [1.29, 1.82) is 0 Å². The van der Waals surface area contributed by atoms with Crippen molar-refractivity contribution in [2.45, 2.75) is 64.4 Å². The maximum atomic E-state index is 10.1. The zero-order chi connectivity index (χ0) is 11.6. The maximum Gasteiger partial charge on any atom is 0.0615 e. The summed E-state index contributed by atoms with van der Waals surface area (Å²) in [5.41, 5.74) is -0.165. The first-order valence-corrected chi connectivity index (χ1v) is 7.01. The van der Waals surface area contributed by atoms with E-state index in [4.69, 9.17) is 0 Å². The molecule has 3 unspecified atom stereocenters. The molecule has 0 aromatic carbocycles. The van der Waals surface area contributed by atoms with Gasteiger partial charge in [-0.2, -0.15) is 0 Å². The fourth-order valence-corrected chi connectivity index (χ4v) is 4.01. The second kappa shape index (κ2) is 5.05. The van der Waals surface area contributed by atoms with Crippen molar-refractivity contribution in [3.8, 4) is 0 Å². The van der Waals surface area contributed by atoms with Gasteiger partial charge >= 0.3 is 0 Å². The molecule has 2 heteroatoms. The summed E-state index contributed by atoms with van der Waals surface area (Å²) in [6, 6.07) is 0. The molecule has 2 rings (SSSR count). The molecule has 3 atom stereocenters. The summed E-state index contributed by atoms with van der Waals surface area (Å²) in [7, 11) is 0. The Bertz CT molecular complexity index is 223. The van der Waals surface area contributed by atoms with Crippen molar-refractivity contribution >= 4 is 0 Å². The monoisotopic (exact) mass is 226 g/mol. The summed E-state index contributed by atoms with van der Waals surface area (Å²) in [5.74, 6) is 1.66. The van der Waals surface area contributed by atoms with Gasteiger partial charge in [0.1, 0.15) is 0 Å². The minimum absolute atomic E-state index is 0.165. The van der Waals surface area contributed by atoms with Crippen molar-refractivity contribution < 1.29 is 10.2 Å². The minimum atomic E-state index is -0.302. The van der Waals surface area contributed by atoms with Crippen molar-refractivity contribution in [3.63, 3.8) is 0 Å². The van der Waals surface area contributed by atoms with Gasteiger partial charge in [-0.05, 0) is 37.5 Å². The summed E-state index contributed by atoms with van der Waals surface area (Å²) in [6.45, 7) is 2.19. The van der Waals surface area contributed by atoms with Crippen LogP contribution in [0.4, 0.5) is 0 Å². The molecule has 2 nitrogen and oxygen atoms in total. The van der Waals surface area contributed by atoms with Crippen molar-refractivity contribution in [3.05, 3.63) is 0 Å². The molecule has 2 aliphatic carbocycles. The Morgan fingerprint density at radius 3 is 2.44 bits per heavy atom. The molecule has 0 aliphatic heterocycles. The average Bonchev–Trinajstić information content (AvgIpc) is 2.96. The van der Waals surface area contributed by atoms with Gasteiger partial charge in [0.05, 0.1) is 12.7 Å². The second-order valence-electron chi connectivity index (χ2n) is 5.99. The Morgan fingerprint density at radius 1 is 1.19 bits per heavy atom. The van der Waals surface area contributed by atoms with E-state index < -0.39 is 0 Å². The minimum Gasteiger partial charge on any atom is -0.396 e. The Morgan fingerprint density at radius 2 is 1.88 bits per heavy atom. The average molecular weight is 226 g/mol. The van der Waals surface area contributed by atoms with Crippen LogP contribution < -0.4 is 0 Å². The fourth-order valence-electron chi connectivity index (χ4n) is 4.01. The number of aliphatic hydroxyl groups is 2. The summed E-state index contributed by atoms with van der Waals surface area (Å²) < 4.78 is 0. The predicted molar refractivity (Wildman–Crippen MR) is 65.1 cm³/mol. The molecule has 0 saturated heterocycles. The highest BCUT2D eigenvalue weighted by Crippen LogP contribution is 2.50. The molecule has 0 amide bonds. The van der Waals surface area contributed by atoms with Gasteiger partial charge < -0.3 is 10.2 Å². The van der Waals surface area contributed by atoms with Crippen LogP contribution in [0.3, 0.4) is 0 Å². The van der Waals surface area contributed by atoms with Gasteiger partial charge in [-0.3, -0.25) is 0 Å². The molecule has 0 spiro atoms. The van der Waals surface area contributed by atoms with Crippen LogP contribution in [0.5, 0.6) is 0 Å². The first kappa shape index (κ1) is 12.4. The van der Waals surface area contributed by atoms with Crippen LogP contribution in [0.1, 0.15) is 58.3 Å². The van der Waals surface area contributed by atoms with Crippen molar-refractivity contribution in [2.75, 3.05) is 6.61 Å². The molecule has 0 aromatic rings. The normalized spacial score (nSPS) is 38.1. The smallest absolute Gasteiger partial charge is 0.0615 e. The van der Waals surface area contributed by atoms with E-state index >= 15 is 0 Å². The zero-order valence-corrected chi connectivity index (χ0v) is 10.5. The topological polar surface area (TPSA) is 40.5 Å². The van der Waals surface area contributed by atoms with Crippen LogP contribution in [-0.4, -0.2) is 22.9 Å². The van der Waals surface area contributed by atoms with Crippen LogP contribution in [0.25, 0.3) is 0 Å². The first-order valence-electron chi connectivity index (χ1n) is 7.01.